The average Bonchev–Trinajstić information content (AvgIpc) is 3.88. The minimum absolute atomic E-state index is 0. The Bertz CT molecular complexity index is 2340. The number of amides is 2. The van der Waals surface area contributed by atoms with Crippen LogP contribution in [0.3, 0.4) is 0 Å². The molecule has 0 aliphatic heterocycles. The second-order valence-corrected chi connectivity index (χ2v) is 13.1. The minimum Gasteiger partial charge on any atom is -0.493 e. The Labute approximate surface area is 336 Å². The number of rotatable bonds is 10. The summed E-state index contributed by atoms with van der Waals surface area (Å²) in [5.74, 6) is -0.708. The first-order valence-corrected chi connectivity index (χ1v) is 17.9. The number of halogens is 2. The molecule has 0 atom stereocenters. The third kappa shape index (κ3) is 10.1. The van der Waals surface area contributed by atoms with Gasteiger partial charge in [-0.2, -0.15) is 10.2 Å². The van der Waals surface area contributed by atoms with Gasteiger partial charge in [0, 0.05) is 27.8 Å². The number of aromatic hydroxyl groups is 2. The molecular weight excluding hydrogens is 786 g/mol. The van der Waals surface area contributed by atoms with Gasteiger partial charge in [-0.3, -0.25) is 9.59 Å². The summed E-state index contributed by atoms with van der Waals surface area (Å²) in [5.41, 5.74) is 11.0. The molecule has 0 saturated carbocycles. The summed E-state index contributed by atoms with van der Waals surface area (Å²) >= 11 is 0. The van der Waals surface area contributed by atoms with Crippen LogP contribution in [0.2, 0.25) is 0 Å². The van der Waals surface area contributed by atoms with Gasteiger partial charge in [-0.15, -0.1) is 0 Å². The van der Waals surface area contributed by atoms with Crippen LogP contribution < -0.4 is 20.3 Å². The maximum Gasteiger partial charge on any atom is 0.277 e. The summed E-state index contributed by atoms with van der Waals surface area (Å²) in [6.07, 6.45) is 8.70. The monoisotopic (exact) mass is 821 g/mol. The summed E-state index contributed by atoms with van der Waals surface area (Å²) in [5, 5.41) is 28.6. The van der Waals surface area contributed by atoms with Gasteiger partial charge < -0.3 is 19.7 Å². The van der Waals surface area contributed by atoms with Crippen LogP contribution in [0.4, 0.5) is 8.78 Å². The van der Waals surface area contributed by atoms with Gasteiger partial charge in [0.25, 0.3) is 11.8 Å². The van der Waals surface area contributed by atoms with Crippen LogP contribution in [0.5, 0.6) is 23.3 Å². The van der Waals surface area contributed by atoms with E-state index >= 15 is 0 Å². The summed E-state index contributed by atoms with van der Waals surface area (Å²) < 4.78 is 37.9. The van der Waals surface area contributed by atoms with Gasteiger partial charge in [0.15, 0.2) is 13.2 Å². The van der Waals surface area contributed by atoms with Crippen molar-refractivity contribution in [3.8, 4) is 23.3 Å². The number of pyridine rings is 2. The summed E-state index contributed by atoms with van der Waals surface area (Å²) in [6, 6.07) is 22.9. The van der Waals surface area contributed by atoms with Gasteiger partial charge in [-0.1, -0.05) is 24.3 Å². The molecule has 2 aliphatic rings. The molecule has 15 heteroatoms. The number of carbonyl (C=O) groups excluding carboxylic acids is 2. The fourth-order valence-electron chi connectivity index (χ4n) is 6.64. The van der Waals surface area contributed by atoms with Gasteiger partial charge in [-0.05, 0) is 121 Å². The normalized spacial score (nSPS) is 12.8. The number of hydrogen-bond acceptors (Lipinski definition) is 10. The molecule has 0 unspecified atom stereocenters. The van der Waals surface area contributed by atoms with E-state index in [1.807, 2.05) is 24.3 Å². The van der Waals surface area contributed by atoms with Crippen molar-refractivity contribution in [3.63, 3.8) is 0 Å². The van der Waals surface area contributed by atoms with E-state index in [9.17, 15) is 28.6 Å². The van der Waals surface area contributed by atoms with Gasteiger partial charge >= 0.3 is 0 Å². The largest absolute Gasteiger partial charge is 0.493 e. The molecule has 0 spiro atoms. The van der Waals surface area contributed by atoms with Gasteiger partial charge in [0.2, 0.25) is 11.8 Å². The molecule has 57 heavy (non-hydrogen) atoms. The molecule has 8 rings (SSSR count). The topological polar surface area (TPSA) is 168 Å². The molecule has 2 aliphatic carbocycles. The molecule has 12 nitrogen and oxygen atoms in total. The Morgan fingerprint density at radius 1 is 0.649 bits per heavy atom. The number of fused-ring (bicyclic) bond motifs is 4. The van der Waals surface area contributed by atoms with E-state index in [4.69, 9.17) is 9.47 Å². The molecule has 1 radical (unpaired) electrons. The van der Waals surface area contributed by atoms with Crippen molar-refractivity contribution in [3.05, 3.63) is 130 Å². The molecule has 6 aromatic rings. The fourth-order valence-corrected chi connectivity index (χ4v) is 6.64. The van der Waals surface area contributed by atoms with Crippen LogP contribution >= 0.6 is 0 Å². The molecule has 0 fully saturated rings. The number of aryl methyl sites for hydroxylation is 2. The smallest absolute Gasteiger partial charge is 0.277 e. The van der Waals surface area contributed by atoms with E-state index < -0.39 is 23.4 Å². The molecule has 295 valence electrons. The van der Waals surface area contributed by atoms with Crippen LogP contribution in [0.25, 0.3) is 21.8 Å². The molecule has 2 aromatic heterocycles. The quantitative estimate of drug-likeness (QED) is 0.0721. The number of aromatic nitrogens is 2. The predicted molar refractivity (Wildman–Crippen MR) is 206 cm³/mol. The van der Waals surface area contributed by atoms with Gasteiger partial charge in [0.05, 0.1) is 34.6 Å². The molecular formula is C42H36CuF2N6O6. The molecule has 2 amide bonds. The van der Waals surface area contributed by atoms with Crippen molar-refractivity contribution in [2.75, 3.05) is 13.2 Å². The van der Waals surface area contributed by atoms with E-state index in [1.165, 1.54) is 60.0 Å². The van der Waals surface area contributed by atoms with E-state index in [0.717, 1.165) is 61.2 Å². The van der Waals surface area contributed by atoms with E-state index in [2.05, 4.69) is 43.2 Å². The third-order valence-electron chi connectivity index (χ3n) is 9.28. The number of carbonyl (C=O) groups is 2. The van der Waals surface area contributed by atoms with E-state index in [0.29, 0.717) is 21.8 Å². The predicted octanol–water partition coefficient (Wildman–Crippen LogP) is 6.19. The first kappa shape index (κ1) is 40.2. The first-order valence-electron chi connectivity index (χ1n) is 17.9. The standard InChI is InChI=1S/2C21H18FN3O3.Cu/c2*22-16-7-8-18-14(10-16)9-15(21(27)24-18)11-23-25-20(26)12-28-19-6-2-4-13-3-1-5-17(13)19;/h2*2,4,6-11H,1,3,5,12H2,(H,24,27)(H,25,26);/b2*23-11+;. The van der Waals surface area contributed by atoms with Crippen LogP contribution in [0.15, 0.2) is 95.1 Å². The Morgan fingerprint density at radius 3 is 1.53 bits per heavy atom. The van der Waals surface area contributed by atoms with Crippen molar-refractivity contribution >= 4 is 46.0 Å². The van der Waals surface area contributed by atoms with Crippen molar-refractivity contribution < 1.29 is 55.1 Å². The second kappa shape index (κ2) is 18.5. The molecule has 4 N–H and O–H groups in total. The van der Waals surface area contributed by atoms with Gasteiger partial charge in [0.1, 0.15) is 23.1 Å². The zero-order valence-corrected chi connectivity index (χ0v) is 31.2. The Kier molecular flexibility index (Phi) is 13.0. The Morgan fingerprint density at radius 2 is 1.09 bits per heavy atom. The maximum atomic E-state index is 13.3. The van der Waals surface area contributed by atoms with Crippen LogP contribution in [0.1, 0.15) is 46.2 Å². The molecule has 0 saturated heterocycles. The number of benzene rings is 4. The first-order chi connectivity index (χ1) is 27.2. The van der Waals surface area contributed by atoms with Crippen molar-refractivity contribution in [2.24, 2.45) is 10.2 Å². The Balaban J connectivity index is 0.000000189. The number of nitrogens with one attached hydrogen (secondary N) is 2. The minimum atomic E-state index is -0.425. The number of hydrazone groups is 2. The zero-order valence-electron chi connectivity index (χ0n) is 30.3. The number of hydrogen-bond donors (Lipinski definition) is 4. The number of ether oxygens (including phenoxy) is 2. The van der Waals surface area contributed by atoms with E-state index in [-0.39, 0.29) is 53.2 Å². The summed E-state index contributed by atoms with van der Waals surface area (Å²) in [4.78, 5) is 31.9. The summed E-state index contributed by atoms with van der Waals surface area (Å²) in [7, 11) is 0. The number of nitrogens with zero attached hydrogens (tertiary/aromatic N) is 4. The van der Waals surface area contributed by atoms with Crippen molar-refractivity contribution in [1.82, 2.24) is 20.8 Å². The van der Waals surface area contributed by atoms with Crippen LogP contribution in [-0.2, 0) is 52.3 Å². The van der Waals surface area contributed by atoms with Crippen molar-refractivity contribution in [1.29, 1.82) is 0 Å². The Hall–Kier alpha value is -6.44. The SMILES string of the molecule is O=C(COc1cccc2c1CCC2)N/N=C/c1cc2cc(F)ccc2nc1O.O=C(COc1cccc2c1CCC2)N/N=C/c1cc2cc(F)ccc2nc1O.[Cu]. The van der Waals surface area contributed by atoms with Crippen LogP contribution in [-0.4, -0.2) is 57.6 Å². The van der Waals surface area contributed by atoms with Crippen molar-refractivity contribution in [2.45, 2.75) is 38.5 Å². The molecule has 0 bridgehead atoms. The molecule has 4 aromatic carbocycles. The zero-order chi connectivity index (χ0) is 39.0. The third-order valence-corrected chi connectivity index (χ3v) is 9.28. The van der Waals surface area contributed by atoms with Gasteiger partial charge in [-0.25, -0.2) is 29.6 Å². The van der Waals surface area contributed by atoms with Crippen LogP contribution in [0, 0.1) is 11.6 Å². The maximum absolute atomic E-state index is 13.3. The summed E-state index contributed by atoms with van der Waals surface area (Å²) in [6.45, 7) is -0.331. The van der Waals surface area contributed by atoms with E-state index in [1.54, 1.807) is 12.1 Å². The fraction of sp³-hybridized carbons (Fsp3) is 0.190. The second-order valence-electron chi connectivity index (χ2n) is 13.1. The molecule has 2 heterocycles. The average molecular weight is 822 g/mol.